The number of ether oxygens (including phenoxy) is 1. The average Bonchev–Trinajstić information content (AvgIpc) is 3.24. The molecule has 2 aliphatic carbocycles. The molecule has 1 aromatic carbocycles. The summed E-state index contributed by atoms with van der Waals surface area (Å²) in [5.74, 6) is 0. The molecule has 4 heteroatoms. The minimum Gasteiger partial charge on any atom is -0.400 e. The Morgan fingerprint density at radius 1 is 1.31 bits per heavy atom. The molecular formula is C22H25NO2S. The highest BCUT2D eigenvalue weighted by Gasteiger charge is 2.24. The van der Waals surface area contributed by atoms with Gasteiger partial charge in [-0.1, -0.05) is 24.3 Å². The second kappa shape index (κ2) is 7.03. The van der Waals surface area contributed by atoms with E-state index in [9.17, 15) is 5.11 Å². The van der Waals surface area contributed by atoms with Crippen LogP contribution in [0.25, 0.3) is 16.0 Å². The van der Waals surface area contributed by atoms with Gasteiger partial charge in [0.05, 0.1) is 12.2 Å². The van der Waals surface area contributed by atoms with Crippen molar-refractivity contribution < 1.29 is 9.84 Å². The van der Waals surface area contributed by atoms with E-state index in [4.69, 9.17) is 10.5 Å². The van der Waals surface area contributed by atoms with Crippen molar-refractivity contribution in [1.82, 2.24) is 0 Å². The zero-order valence-corrected chi connectivity index (χ0v) is 16.1. The van der Waals surface area contributed by atoms with Crippen LogP contribution in [0.1, 0.15) is 49.5 Å². The number of rotatable bonds is 4. The molecule has 1 heterocycles. The molecule has 4 rings (SSSR count). The molecule has 1 aromatic heterocycles. The predicted octanol–water partition coefficient (Wildman–Crippen LogP) is 4.82. The van der Waals surface area contributed by atoms with Gasteiger partial charge >= 0.3 is 0 Å². The summed E-state index contributed by atoms with van der Waals surface area (Å²) in [6.45, 7) is 4.07. The molecule has 0 radical (unpaired) electrons. The summed E-state index contributed by atoms with van der Waals surface area (Å²) in [7, 11) is 0. The van der Waals surface area contributed by atoms with Crippen LogP contribution < -0.4 is 5.73 Å². The maximum absolute atomic E-state index is 10.1. The quantitative estimate of drug-likeness (QED) is 0.815. The van der Waals surface area contributed by atoms with Crippen molar-refractivity contribution in [3.05, 3.63) is 64.2 Å². The van der Waals surface area contributed by atoms with E-state index >= 15 is 0 Å². The average molecular weight is 368 g/mol. The smallest absolute Gasteiger partial charge is 0.100 e. The first kappa shape index (κ1) is 17.5. The highest BCUT2D eigenvalue weighted by Crippen LogP contribution is 2.40. The van der Waals surface area contributed by atoms with Crippen LogP contribution in [-0.2, 0) is 11.2 Å². The summed E-state index contributed by atoms with van der Waals surface area (Å²) in [6, 6.07) is 8.50. The number of benzene rings is 1. The third-order valence-electron chi connectivity index (χ3n) is 5.12. The summed E-state index contributed by atoms with van der Waals surface area (Å²) in [4.78, 5) is 1.25. The van der Waals surface area contributed by atoms with Gasteiger partial charge in [-0.15, -0.1) is 11.3 Å². The number of aliphatic hydroxyl groups excluding tert-OH is 1. The molecule has 0 bridgehead atoms. The van der Waals surface area contributed by atoms with E-state index in [0.717, 1.165) is 30.5 Å². The van der Waals surface area contributed by atoms with Crippen LogP contribution >= 0.6 is 11.3 Å². The molecule has 2 aliphatic rings. The van der Waals surface area contributed by atoms with Crippen molar-refractivity contribution in [2.24, 2.45) is 5.73 Å². The maximum Gasteiger partial charge on any atom is 0.100 e. The van der Waals surface area contributed by atoms with E-state index in [2.05, 4.69) is 23.6 Å². The first-order valence-electron chi connectivity index (χ1n) is 9.24. The lowest BCUT2D eigenvalue weighted by atomic mass is 9.96. The lowest BCUT2D eigenvalue weighted by molar-refractivity contribution is 0.0295. The number of aliphatic hydroxyl groups is 1. The third kappa shape index (κ3) is 3.25. The van der Waals surface area contributed by atoms with Crippen LogP contribution in [0.4, 0.5) is 0 Å². The molecule has 3 nitrogen and oxygen atoms in total. The number of hydrogen-bond donors (Lipinski definition) is 2. The number of hydrogen-bond acceptors (Lipinski definition) is 4. The number of thiophene rings is 1. The Morgan fingerprint density at radius 3 is 2.92 bits per heavy atom. The number of allylic oxidation sites excluding steroid dienone is 2. The zero-order chi connectivity index (χ0) is 18.3. The predicted molar refractivity (Wildman–Crippen MR) is 108 cm³/mol. The standard InChI is InChI=1S/C22H25NO2S/c1-13(2)25-21-9-6-14(10-19(21)23)15-11-22(26-12-15)18-5-3-4-17-16(18)7-8-20(17)24/h3-6,10-13,20-21,24H,7-9,23H2,1-2H3. The van der Waals surface area contributed by atoms with Gasteiger partial charge in [0.2, 0.25) is 0 Å². The van der Waals surface area contributed by atoms with Gasteiger partial charge in [0.1, 0.15) is 6.10 Å². The van der Waals surface area contributed by atoms with Gasteiger partial charge in [-0.3, -0.25) is 0 Å². The Balaban J connectivity index is 1.60. The Hall–Kier alpha value is -1.88. The van der Waals surface area contributed by atoms with E-state index < -0.39 is 0 Å². The van der Waals surface area contributed by atoms with Crippen LogP contribution in [0.15, 0.2) is 47.5 Å². The number of fused-ring (bicyclic) bond motifs is 1. The normalized spacial score (nSPS) is 22.3. The van der Waals surface area contributed by atoms with Crippen LogP contribution in [0.3, 0.4) is 0 Å². The second-order valence-corrected chi connectivity index (χ2v) is 8.25. The highest BCUT2D eigenvalue weighted by molar-refractivity contribution is 7.13. The third-order valence-corrected chi connectivity index (χ3v) is 6.08. The molecule has 136 valence electrons. The minimum absolute atomic E-state index is 0.0178. The highest BCUT2D eigenvalue weighted by atomic mass is 32.1. The van der Waals surface area contributed by atoms with Gasteiger partial charge < -0.3 is 15.6 Å². The lowest BCUT2D eigenvalue weighted by Crippen LogP contribution is -2.26. The van der Waals surface area contributed by atoms with E-state index in [-0.39, 0.29) is 18.3 Å². The van der Waals surface area contributed by atoms with Crippen molar-refractivity contribution >= 4 is 16.9 Å². The van der Waals surface area contributed by atoms with Crippen molar-refractivity contribution in [3.8, 4) is 10.4 Å². The van der Waals surface area contributed by atoms with Crippen LogP contribution in [0.2, 0.25) is 0 Å². The van der Waals surface area contributed by atoms with Gasteiger partial charge in [-0.2, -0.15) is 0 Å². The van der Waals surface area contributed by atoms with Crippen molar-refractivity contribution in [3.63, 3.8) is 0 Å². The molecule has 0 spiro atoms. The van der Waals surface area contributed by atoms with E-state index in [1.54, 1.807) is 11.3 Å². The summed E-state index contributed by atoms with van der Waals surface area (Å²) in [5.41, 5.74) is 13.0. The molecular weight excluding hydrogens is 342 g/mol. The molecule has 2 aromatic rings. The van der Waals surface area contributed by atoms with E-state index in [1.165, 1.54) is 27.1 Å². The topological polar surface area (TPSA) is 55.5 Å². The molecule has 0 aliphatic heterocycles. The molecule has 2 atom stereocenters. The second-order valence-electron chi connectivity index (χ2n) is 7.34. The first-order valence-corrected chi connectivity index (χ1v) is 10.1. The Bertz CT molecular complexity index is 878. The lowest BCUT2D eigenvalue weighted by Gasteiger charge is -2.23. The Kier molecular flexibility index (Phi) is 4.74. The number of nitrogens with two attached hydrogens (primary N) is 1. The fourth-order valence-electron chi connectivity index (χ4n) is 3.86. The van der Waals surface area contributed by atoms with Crippen LogP contribution in [-0.4, -0.2) is 17.3 Å². The molecule has 26 heavy (non-hydrogen) atoms. The molecule has 2 unspecified atom stereocenters. The molecule has 3 N–H and O–H groups in total. The van der Waals surface area contributed by atoms with Crippen LogP contribution in [0.5, 0.6) is 0 Å². The van der Waals surface area contributed by atoms with Gasteiger partial charge in [0.15, 0.2) is 0 Å². The SMILES string of the molecule is CC(C)OC1CC=C(c2csc(-c3cccc4c3CCC4O)c2)C=C1N. The van der Waals surface area contributed by atoms with Gasteiger partial charge in [0.25, 0.3) is 0 Å². The summed E-state index contributed by atoms with van der Waals surface area (Å²) in [6.07, 6.45) is 6.69. The van der Waals surface area contributed by atoms with Gasteiger partial charge in [-0.05, 0) is 78.5 Å². The van der Waals surface area contributed by atoms with E-state index in [1.807, 2.05) is 32.1 Å². The Morgan fingerprint density at radius 2 is 2.15 bits per heavy atom. The summed E-state index contributed by atoms with van der Waals surface area (Å²) < 4.78 is 5.86. The summed E-state index contributed by atoms with van der Waals surface area (Å²) >= 11 is 1.75. The van der Waals surface area contributed by atoms with Gasteiger partial charge in [-0.25, -0.2) is 0 Å². The van der Waals surface area contributed by atoms with Crippen molar-refractivity contribution in [2.45, 2.75) is 51.4 Å². The molecule has 0 fully saturated rings. The fraction of sp³-hybridized carbons (Fsp3) is 0.364. The first-order chi connectivity index (χ1) is 12.5. The largest absolute Gasteiger partial charge is 0.400 e. The van der Waals surface area contributed by atoms with Gasteiger partial charge in [0, 0.05) is 10.6 Å². The Labute approximate surface area is 158 Å². The maximum atomic E-state index is 10.1. The van der Waals surface area contributed by atoms with Crippen LogP contribution in [0, 0.1) is 0 Å². The zero-order valence-electron chi connectivity index (χ0n) is 15.2. The minimum atomic E-state index is -0.314. The monoisotopic (exact) mass is 367 g/mol. The van der Waals surface area contributed by atoms with Crippen molar-refractivity contribution in [1.29, 1.82) is 0 Å². The molecule has 0 saturated heterocycles. The fourth-order valence-corrected chi connectivity index (χ4v) is 4.83. The van der Waals surface area contributed by atoms with Crippen molar-refractivity contribution in [2.75, 3.05) is 0 Å². The van der Waals surface area contributed by atoms with E-state index in [0.29, 0.717) is 0 Å². The molecule has 0 amide bonds. The summed E-state index contributed by atoms with van der Waals surface area (Å²) in [5, 5.41) is 12.3. The molecule has 0 saturated carbocycles.